The molecule has 134 valence electrons. The minimum absolute atomic E-state index is 0.0792. The van der Waals surface area contributed by atoms with E-state index in [2.05, 4.69) is 10.3 Å². The molecule has 1 aromatic heterocycles. The summed E-state index contributed by atoms with van der Waals surface area (Å²) in [6.45, 7) is 0. The molecule has 3 N–H and O–H groups in total. The van der Waals surface area contributed by atoms with Crippen molar-refractivity contribution < 1.29 is 19.1 Å². The van der Waals surface area contributed by atoms with Gasteiger partial charge in [-0.3, -0.25) is 4.79 Å². The second-order valence-corrected chi connectivity index (χ2v) is 6.15. The lowest BCUT2D eigenvalue weighted by Crippen LogP contribution is -2.42. The van der Waals surface area contributed by atoms with Crippen LogP contribution < -0.4 is 5.32 Å². The van der Waals surface area contributed by atoms with Gasteiger partial charge in [0.15, 0.2) is 0 Å². The van der Waals surface area contributed by atoms with Crippen LogP contribution in [0, 0.1) is 5.82 Å². The number of fused-ring (bicyclic) bond motifs is 1. The molecule has 1 unspecified atom stereocenters. The molecule has 1 atom stereocenters. The molecule has 0 saturated carbocycles. The molecule has 0 aliphatic carbocycles. The average molecular weight is 354 g/mol. The van der Waals surface area contributed by atoms with Gasteiger partial charge in [-0.05, 0) is 35.7 Å². The maximum absolute atomic E-state index is 13.5. The quantitative estimate of drug-likeness (QED) is 0.610. The van der Waals surface area contributed by atoms with Crippen molar-refractivity contribution in [3.8, 4) is 0 Å². The van der Waals surface area contributed by atoms with Crippen LogP contribution in [0.1, 0.15) is 17.5 Å². The molecular formula is C20H19FN2O3. The van der Waals surface area contributed by atoms with E-state index in [0.717, 1.165) is 11.1 Å². The first-order chi connectivity index (χ1) is 12.5. The molecule has 0 spiro atoms. The van der Waals surface area contributed by atoms with Crippen LogP contribution in [0.3, 0.4) is 0 Å². The van der Waals surface area contributed by atoms with E-state index in [4.69, 9.17) is 0 Å². The summed E-state index contributed by atoms with van der Waals surface area (Å²) in [5.41, 5.74) is 2.39. The molecule has 0 radical (unpaired) electrons. The number of halogens is 1. The number of benzene rings is 2. The first kappa shape index (κ1) is 17.7. The van der Waals surface area contributed by atoms with Crippen molar-refractivity contribution in [3.63, 3.8) is 0 Å². The molecule has 0 bridgehead atoms. The van der Waals surface area contributed by atoms with Gasteiger partial charge in [0.05, 0.1) is 0 Å². The number of aliphatic carboxylic acids is 1. The van der Waals surface area contributed by atoms with E-state index in [1.807, 2.05) is 30.3 Å². The van der Waals surface area contributed by atoms with Crippen molar-refractivity contribution in [3.05, 3.63) is 71.7 Å². The SMILES string of the molecule is O=C(CCc1ccccc1)NC(Cc1c[nH]c2ccc(F)cc12)C(=O)O. The molecule has 0 aliphatic heterocycles. The molecular weight excluding hydrogens is 335 g/mol. The minimum atomic E-state index is -1.12. The van der Waals surface area contributed by atoms with Gasteiger partial charge in [-0.15, -0.1) is 0 Å². The summed E-state index contributed by atoms with van der Waals surface area (Å²) in [7, 11) is 0. The number of aromatic nitrogens is 1. The van der Waals surface area contributed by atoms with Crippen LogP contribution >= 0.6 is 0 Å². The highest BCUT2D eigenvalue weighted by molar-refractivity contribution is 5.86. The summed E-state index contributed by atoms with van der Waals surface area (Å²) >= 11 is 0. The molecule has 0 fully saturated rings. The van der Waals surface area contributed by atoms with Crippen molar-refractivity contribution in [2.75, 3.05) is 0 Å². The van der Waals surface area contributed by atoms with Crippen LogP contribution in [0.5, 0.6) is 0 Å². The van der Waals surface area contributed by atoms with Gasteiger partial charge >= 0.3 is 5.97 Å². The highest BCUT2D eigenvalue weighted by atomic mass is 19.1. The van der Waals surface area contributed by atoms with Crippen LogP contribution in [0.2, 0.25) is 0 Å². The lowest BCUT2D eigenvalue weighted by molar-refractivity contribution is -0.141. The normalized spacial score (nSPS) is 12.0. The Morgan fingerprint density at radius 3 is 2.65 bits per heavy atom. The molecule has 1 amide bonds. The van der Waals surface area contributed by atoms with E-state index in [-0.39, 0.29) is 18.7 Å². The molecule has 0 aliphatic rings. The van der Waals surface area contributed by atoms with Crippen molar-refractivity contribution in [1.82, 2.24) is 10.3 Å². The number of amides is 1. The maximum Gasteiger partial charge on any atom is 0.326 e. The number of carbonyl (C=O) groups is 2. The van der Waals surface area contributed by atoms with Gasteiger partial charge in [0.25, 0.3) is 0 Å². The van der Waals surface area contributed by atoms with Crippen molar-refractivity contribution in [2.45, 2.75) is 25.3 Å². The minimum Gasteiger partial charge on any atom is -0.480 e. The number of carboxylic acids is 1. The standard InChI is InChI=1S/C20H19FN2O3/c21-15-7-8-17-16(11-15)14(12-22-17)10-18(20(25)26)23-19(24)9-6-13-4-2-1-3-5-13/h1-5,7-8,11-12,18,22H,6,9-10H2,(H,23,24)(H,25,26). The first-order valence-corrected chi connectivity index (χ1v) is 8.34. The monoisotopic (exact) mass is 354 g/mol. The number of H-pyrrole nitrogens is 1. The molecule has 2 aromatic carbocycles. The lowest BCUT2D eigenvalue weighted by atomic mass is 10.0. The predicted octanol–water partition coefficient (Wildman–Crippen LogP) is 3.05. The van der Waals surface area contributed by atoms with Crippen LogP contribution in [-0.2, 0) is 22.4 Å². The summed E-state index contributed by atoms with van der Waals surface area (Å²) < 4.78 is 13.5. The molecule has 1 heterocycles. The van der Waals surface area contributed by atoms with Gasteiger partial charge in [0.2, 0.25) is 5.91 Å². The fourth-order valence-corrected chi connectivity index (χ4v) is 2.91. The van der Waals surface area contributed by atoms with Crippen LogP contribution in [-0.4, -0.2) is 28.0 Å². The Morgan fingerprint density at radius 2 is 1.92 bits per heavy atom. The lowest BCUT2D eigenvalue weighted by Gasteiger charge is -2.14. The number of aromatic amines is 1. The zero-order valence-electron chi connectivity index (χ0n) is 14.0. The summed E-state index contributed by atoms with van der Waals surface area (Å²) in [6.07, 6.45) is 2.47. The van der Waals surface area contributed by atoms with E-state index in [1.54, 1.807) is 12.3 Å². The Labute approximate surface area is 149 Å². The fourth-order valence-electron chi connectivity index (χ4n) is 2.91. The van der Waals surface area contributed by atoms with E-state index in [1.165, 1.54) is 12.1 Å². The van der Waals surface area contributed by atoms with E-state index >= 15 is 0 Å². The predicted molar refractivity (Wildman–Crippen MR) is 96.3 cm³/mol. The number of hydrogen-bond acceptors (Lipinski definition) is 2. The van der Waals surface area contributed by atoms with Gasteiger partial charge < -0.3 is 15.4 Å². The summed E-state index contributed by atoms with van der Waals surface area (Å²) in [5.74, 6) is -1.84. The van der Waals surface area contributed by atoms with Crippen LogP contribution in [0.4, 0.5) is 4.39 Å². The number of rotatable bonds is 7. The van der Waals surface area contributed by atoms with Crippen molar-refractivity contribution in [2.24, 2.45) is 0 Å². The molecule has 0 saturated heterocycles. The number of nitrogens with one attached hydrogen (secondary N) is 2. The average Bonchev–Trinajstić information content (AvgIpc) is 3.02. The Morgan fingerprint density at radius 1 is 1.15 bits per heavy atom. The zero-order valence-corrected chi connectivity index (χ0v) is 14.0. The first-order valence-electron chi connectivity index (χ1n) is 8.34. The Bertz CT molecular complexity index is 921. The Kier molecular flexibility index (Phi) is 5.31. The number of hydrogen-bond donors (Lipinski definition) is 3. The molecule has 6 heteroatoms. The number of aryl methyl sites for hydroxylation is 1. The van der Waals surface area contributed by atoms with E-state index in [9.17, 15) is 19.1 Å². The summed E-state index contributed by atoms with van der Waals surface area (Å²) in [4.78, 5) is 26.7. The van der Waals surface area contributed by atoms with Gasteiger partial charge in [0, 0.05) is 29.9 Å². The van der Waals surface area contributed by atoms with Gasteiger partial charge in [-0.1, -0.05) is 30.3 Å². The third-order valence-electron chi connectivity index (χ3n) is 4.27. The van der Waals surface area contributed by atoms with E-state index in [0.29, 0.717) is 17.4 Å². The Balaban J connectivity index is 1.66. The van der Waals surface area contributed by atoms with Crippen LogP contribution in [0.15, 0.2) is 54.7 Å². The Hall–Kier alpha value is -3.15. The second kappa shape index (κ2) is 7.82. The number of carbonyl (C=O) groups excluding carboxylic acids is 1. The molecule has 5 nitrogen and oxygen atoms in total. The van der Waals surface area contributed by atoms with Gasteiger partial charge in [0.1, 0.15) is 11.9 Å². The fraction of sp³-hybridized carbons (Fsp3) is 0.200. The van der Waals surface area contributed by atoms with Crippen LogP contribution in [0.25, 0.3) is 10.9 Å². The maximum atomic E-state index is 13.5. The zero-order chi connectivity index (χ0) is 18.5. The van der Waals surface area contributed by atoms with E-state index < -0.39 is 17.8 Å². The van der Waals surface area contributed by atoms with Crippen molar-refractivity contribution in [1.29, 1.82) is 0 Å². The number of carboxylic acid groups (broad SMARTS) is 1. The molecule has 26 heavy (non-hydrogen) atoms. The third-order valence-corrected chi connectivity index (χ3v) is 4.27. The highest BCUT2D eigenvalue weighted by Crippen LogP contribution is 2.20. The molecule has 3 rings (SSSR count). The third kappa shape index (κ3) is 4.27. The van der Waals surface area contributed by atoms with Gasteiger partial charge in [-0.25, -0.2) is 9.18 Å². The highest BCUT2D eigenvalue weighted by Gasteiger charge is 2.22. The molecule has 3 aromatic rings. The largest absolute Gasteiger partial charge is 0.480 e. The topological polar surface area (TPSA) is 82.2 Å². The second-order valence-electron chi connectivity index (χ2n) is 6.15. The smallest absolute Gasteiger partial charge is 0.326 e. The van der Waals surface area contributed by atoms with Crippen molar-refractivity contribution >= 4 is 22.8 Å². The summed E-state index contributed by atoms with van der Waals surface area (Å²) in [5, 5.41) is 12.6. The summed E-state index contributed by atoms with van der Waals surface area (Å²) in [6, 6.07) is 12.7. The van der Waals surface area contributed by atoms with Gasteiger partial charge in [-0.2, -0.15) is 0 Å².